The van der Waals surface area contributed by atoms with Gasteiger partial charge in [0.05, 0.1) is 31.3 Å². The van der Waals surface area contributed by atoms with E-state index in [1.54, 1.807) is 31.1 Å². The number of carbonyl (C=O) groups excluding carboxylic acids is 2. The molecule has 0 atom stereocenters. The van der Waals surface area contributed by atoms with E-state index in [4.69, 9.17) is 4.74 Å². The first-order valence-corrected chi connectivity index (χ1v) is 13.2. The van der Waals surface area contributed by atoms with E-state index in [9.17, 15) is 23.4 Å². The number of hydrogen-bond donors (Lipinski definition) is 2. The van der Waals surface area contributed by atoms with E-state index in [0.717, 1.165) is 23.5 Å². The number of ether oxygens (including phenoxy) is 1. The second-order valence-corrected chi connectivity index (χ2v) is 9.96. The largest absolute Gasteiger partial charge is 0.497 e. The molecule has 2 N–H and O–H groups in total. The molecule has 1 aromatic heterocycles. The number of piperidine rings is 1. The SMILES string of the molecule is COc1ccc(CN(C(=O)c2c(F)cccc2F)c2scnc2CC(=O)NC2CCN(B(C)O)CC2)cc1. The van der Waals surface area contributed by atoms with Crippen LogP contribution >= 0.6 is 11.3 Å². The lowest BCUT2D eigenvalue weighted by Gasteiger charge is -2.33. The molecule has 1 aliphatic heterocycles. The summed E-state index contributed by atoms with van der Waals surface area (Å²) in [5.74, 6) is -2.44. The molecule has 0 saturated carbocycles. The number of benzene rings is 2. The van der Waals surface area contributed by atoms with Gasteiger partial charge in [-0.3, -0.25) is 14.5 Å². The Kier molecular flexibility index (Phi) is 9.08. The molecule has 1 aliphatic rings. The van der Waals surface area contributed by atoms with E-state index in [2.05, 4.69) is 10.3 Å². The minimum atomic E-state index is -0.970. The van der Waals surface area contributed by atoms with E-state index in [1.165, 1.54) is 23.6 Å². The molecule has 8 nitrogen and oxygen atoms in total. The van der Waals surface area contributed by atoms with Gasteiger partial charge in [0.2, 0.25) is 5.91 Å². The number of hydrogen-bond acceptors (Lipinski definition) is 7. The molecule has 1 fully saturated rings. The third-order valence-corrected chi connectivity index (χ3v) is 7.43. The molecule has 38 heavy (non-hydrogen) atoms. The smallest absolute Gasteiger partial charge is 0.376 e. The monoisotopic (exact) mass is 542 g/mol. The van der Waals surface area contributed by atoms with Gasteiger partial charge in [-0.1, -0.05) is 18.2 Å². The number of aromatic nitrogens is 1. The first-order chi connectivity index (χ1) is 18.3. The summed E-state index contributed by atoms with van der Waals surface area (Å²) in [6.45, 7) is 3.06. The first kappa shape index (κ1) is 27.7. The normalized spacial score (nSPS) is 14.2. The van der Waals surface area contributed by atoms with Crippen molar-refractivity contribution in [3.05, 3.63) is 76.4 Å². The van der Waals surface area contributed by atoms with Gasteiger partial charge in [0.15, 0.2) is 0 Å². The van der Waals surface area contributed by atoms with Crippen LogP contribution in [0.25, 0.3) is 0 Å². The zero-order valence-corrected chi connectivity index (χ0v) is 22.0. The Morgan fingerprint density at radius 1 is 1.18 bits per heavy atom. The van der Waals surface area contributed by atoms with Crippen molar-refractivity contribution in [2.24, 2.45) is 0 Å². The van der Waals surface area contributed by atoms with Crippen molar-refractivity contribution in [1.29, 1.82) is 0 Å². The number of rotatable bonds is 9. The van der Waals surface area contributed by atoms with Crippen LogP contribution in [-0.2, 0) is 17.8 Å². The van der Waals surface area contributed by atoms with Crippen molar-refractivity contribution >= 4 is 35.2 Å². The van der Waals surface area contributed by atoms with E-state index >= 15 is 0 Å². The lowest BCUT2D eigenvalue weighted by atomic mass is 9.82. The number of halogens is 2. The zero-order chi connectivity index (χ0) is 27.2. The van der Waals surface area contributed by atoms with Gasteiger partial charge < -0.3 is 19.9 Å². The maximum absolute atomic E-state index is 14.6. The fourth-order valence-electron chi connectivity index (χ4n) is 4.44. The average molecular weight is 542 g/mol. The van der Waals surface area contributed by atoms with Crippen LogP contribution in [0.5, 0.6) is 5.75 Å². The van der Waals surface area contributed by atoms with E-state index in [0.29, 0.717) is 47.9 Å². The highest BCUT2D eigenvalue weighted by atomic mass is 32.1. The Morgan fingerprint density at radius 2 is 1.84 bits per heavy atom. The van der Waals surface area contributed by atoms with Gasteiger partial charge >= 0.3 is 7.05 Å². The summed E-state index contributed by atoms with van der Waals surface area (Å²) in [5.41, 5.74) is 1.87. The maximum Gasteiger partial charge on any atom is 0.376 e. The Bertz CT molecular complexity index is 1250. The van der Waals surface area contributed by atoms with Crippen LogP contribution in [0, 0.1) is 11.6 Å². The Balaban J connectivity index is 1.56. The van der Waals surface area contributed by atoms with Gasteiger partial charge in [-0.05, 0) is 62.6 Å². The second-order valence-electron chi connectivity index (χ2n) is 9.13. The standard InChI is InChI=1S/C26H29BF2N4O4S/c1-27(36)32-12-10-18(11-13-32)31-23(34)14-22-26(38-16-30-22)33(15-17-6-8-19(37-2)9-7-17)25(35)24-20(28)4-3-5-21(24)29/h3-9,16,18,36H,10-15H2,1-2H3,(H,31,34). The van der Waals surface area contributed by atoms with Gasteiger partial charge in [0.1, 0.15) is 27.9 Å². The number of methoxy groups -OCH3 is 1. The van der Waals surface area contributed by atoms with Crippen LogP contribution in [0.3, 0.4) is 0 Å². The van der Waals surface area contributed by atoms with Crippen LogP contribution in [0.2, 0.25) is 6.82 Å². The molecule has 2 amide bonds. The molecule has 2 heterocycles. The molecule has 0 aliphatic carbocycles. The molecule has 0 spiro atoms. The van der Waals surface area contributed by atoms with Gasteiger partial charge in [-0.15, -0.1) is 11.3 Å². The Hall–Kier alpha value is -3.35. The summed E-state index contributed by atoms with van der Waals surface area (Å²) in [7, 11) is 1.01. The first-order valence-electron chi connectivity index (χ1n) is 12.3. The highest BCUT2D eigenvalue weighted by molar-refractivity contribution is 7.14. The van der Waals surface area contributed by atoms with E-state index in [1.807, 2.05) is 4.81 Å². The van der Waals surface area contributed by atoms with Crippen molar-refractivity contribution in [3.63, 3.8) is 0 Å². The number of amides is 2. The van der Waals surface area contributed by atoms with Crippen molar-refractivity contribution in [3.8, 4) is 5.75 Å². The third-order valence-electron chi connectivity index (χ3n) is 6.54. The minimum Gasteiger partial charge on any atom is -0.497 e. The molecule has 4 rings (SSSR count). The van der Waals surface area contributed by atoms with Crippen molar-refractivity contribution in [2.45, 2.75) is 38.7 Å². The molecular formula is C26H29BF2N4O4S. The summed E-state index contributed by atoms with van der Waals surface area (Å²) in [5, 5.41) is 13.1. The highest BCUT2D eigenvalue weighted by Crippen LogP contribution is 2.31. The molecule has 200 valence electrons. The Labute approximate surface area is 224 Å². The number of thiazole rings is 1. The molecule has 2 aromatic carbocycles. The van der Waals surface area contributed by atoms with Crippen LogP contribution in [-0.4, -0.2) is 59.9 Å². The van der Waals surface area contributed by atoms with Gasteiger partial charge in [0.25, 0.3) is 5.91 Å². The van der Waals surface area contributed by atoms with E-state index in [-0.39, 0.29) is 24.9 Å². The number of nitrogens with one attached hydrogen (secondary N) is 1. The molecule has 0 unspecified atom stereocenters. The van der Waals surface area contributed by atoms with Crippen molar-refractivity contribution in [2.75, 3.05) is 25.1 Å². The molecule has 3 aromatic rings. The third kappa shape index (κ3) is 6.55. The quantitative estimate of drug-likeness (QED) is 0.402. The second kappa shape index (κ2) is 12.5. The maximum atomic E-state index is 14.6. The van der Waals surface area contributed by atoms with Crippen LogP contribution in [0.4, 0.5) is 13.8 Å². The molecule has 0 radical (unpaired) electrons. The molecular weight excluding hydrogens is 513 g/mol. The van der Waals surface area contributed by atoms with E-state index < -0.39 is 30.2 Å². The molecule has 1 saturated heterocycles. The highest BCUT2D eigenvalue weighted by Gasteiger charge is 2.29. The van der Waals surface area contributed by atoms with Crippen LogP contribution < -0.4 is 15.0 Å². The fourth-order valence-corrected chi connectivity index (χ4v) is 5.25. The zero-order valence-electron chi connectivity index (χ0n) is 21.2. The van der Waals surface area contributed by atoms with Gasteiger partial charge in [-0.2, -0.15) is 0 Å². The number of anilines is 1. The van der Waals surface area contributed by atoms with Gasteiger partial charge in [0, 0.05) is 6.04 Å². The lowest BCUT2D eigenvalue weighted by Crippen LogP contribution is -2.49. The molecule has 0 bridgehead atoms. The topological polar surface area (TPSA) is 95.0 Å². The molecule has 12 heteroatoms. The summed E-state index contributed by atoms with van der Waals surface area (Å²) < 4.78 is 34.4. The van der Waals surface area contributed by atoms with Crippen LogP contribution in [0.15, 0.2) is 48.0 Å². The summed E-state index contributed by atoms with van der Waals surface area (Å²) in [6, 6.07) is 10.2. The van der Waals surface area contributed by atoms with Gasteiger partial charge in [-0.25, -0.2) is 13.8 Å². The summed E-state index contributed by atoms with van der Waals surface area (Å²) in [6.07, 6.45) is 1.31. The lowest BCUT2D eigenvalue weighted by molar-refractivity contribution is -0.121. The predicted octanol–water partition coefficient (Wildman–Crippen LogP) is 3.51. The van der Waals surface area contributed by atoms with Crippen LogP contribution in [0.1, 0.15) is 34.5 Å². The van der Waals surface area contributed by atoms with Crippen molar-refractivity contribution < 1.29 is 28.1 Å². The number of carbonyl (C=O) groups is 2. The average Bonchev–Trinajstić information content (AvgIpc) is 3.35. The Morgan fingerprint density at radius 3 is 2.45 bits per heavy atom. The fraction of sp³-hybridized carbons (Fsp3) is 0.346. The summed E-state index contributed by atoms with van der Waals surface area (Å²) >= 11 is 1.12. The summed E-state index contributed by atoms with van der Waals surface area (Å²) in [4.78, 5) is 33.9. The minimum absolute atomic E-state index is 0.00518. The number of nitrogens with zero attached hydrogens (tertiary/aromatic N) is 3. The predicted molar refractivity (Wildman–Crippen MR) is 142 cm³/mol. The van der Waals surface area contributed by atoms with Crippen molar-refractivity contribution in [1.82, 2.24) is 15.1 Å².